The minimum Gasteiger partial charge on any atom is -0.480 e. The first-order valence-electron chi connectivity index (χ1n) is 4.69. The van der Waals surface area contributed by atoms with Gasteiger partial charge in [-0.05, 0) is 13.0 Å². The second-order valence-corrected chi connectivity index (χ2v) is 3.93. The number of methoxy groups -OCH3 is 1. The van der Waals surface area contributed by atoms with Gasteiger partial charge in [0.15, 0.2) is 5.82 Å². The molecular weight excluding hydrogens is 263 g/mol. The van der Waals surface area contributed by atoms with E-state index < -0.39 is 0 Å². The Balaban J connectivity index is 2.45. The highest BCUT2D eigenvalue weighted by atomic mass is 35.5. The molecule has 0 N–H and O–H groups in total. The van der Waals surface area contributed by atoms with Crippen LogP contribution >= 0.6 is 23.2 Å². The Bertz CT molecular complexity index is 521. The van der Waals surface area contributed by atoms with Gasteiger partial charge in [0.05, 0.1) is 7.11 Å². The molecule has 0 bridgehead atoms. The van der Waals surface area contributed by atoms with Crippen molar-refractivity contribution in [3.63, 3.8) is 0 Å². The number of nitrogens with zero attached hydrogens (tertiary/aromatic N) is 4. The van der Waals surface area contributed by atoms with Crippen LogP contribution in [0.25, 0.3) is 11.5 Å². The molecule has 0 amide bonds. The summed E-state index contributed by atoms with van der Waals surface area (Å²) in [6.07, 6.45) is 0. The van der Waals surface area contributed by atoms with Gasteiger partial charge in [-0.15, -0.1) is 10.2 Å². The maximum absolute atomic E-state index is 5.92. The molecular formula is C10H8Cl2N4O. The van der Waals surface area contributed by atoms with E-state index in [9.17, 15) is 0 Å². The maximum Gasteiger partial charge on any atom is 0.233 e. The lowest BCUT2D eigenvalue weighted by atomic mass is 10.3. The van der Waals surface area contributed by atoms with Crippen molar-refractivity contribution in [1.82, 2.24) is 20.2 Å². The van der Waals surface area contributed by atoms with E-state index in [1.54, 1.807) is 19.1 Å². The first kappa shape index (κ1) is 12.0. The summed E-state index contributed by atoms with van der Waals surface area (Å²) in [7, 11) is 1.51. The Hall–Kier alpha value is -1.46. The van der Waals surface area contributed by atoms with E-state index in [0.717, 1.165) is 0 Å². The van der Waals surface area contributed by atoms with E-state index in [-0.39, 0.29) is 0 Å². The summed E-state index contributed by atoms with van der Waals surface area (Å²) in [4.78, 5) is 8.17. The first-order chi connectivity index (χ1) is 8.11. The summed E-state index contributed by atoms with van der Waals surface area (Å²) in [5.41, 5.74) is 1.12. The fraction of sp³-hybridized carbons (Fsp3) is 0.200. The number of hydrogen-bond donors (Lipinski definition) is 0. The molecule has 2 aromatic rings. The largest absolute Gasteiger partial charge is 0.480 e. The summed E-state index contributed by atoms with van der Waals surface area (Å²) in [6, 6.07) is 3.34. The van der Waals surface area contributed by atoms with Gasteiger partial charge in [-0.3, -0.25) is 0 Å². The Labute approximate surface area is 108 Å². The SMILES string of the molecule is COc1ccc(-c2nc(Cl)c(C)c(Cl)n2)nn1. The molecule has 0 saturated heterocycles. The van der Waals surface area contributed by atoms with Crippen LogP contribution in [0.1, 0.15) is 5.56 Å². The molecule has 5 nitrogen and oxygen atoms in total. The summed E-state index contributed by atoms with van der Waals surface area (Å²) >= 11 is 11.8. The van der Waals surface area contributed by atoms with Gasteiger partial charge in [0.25, 0.3) is 0 Å². The molecule has 0 aliphatic rings. The van der Waals surface area contributed by atoms with Crippen molar-refractivity contribution in [2.24, 2.45) is 0 Å². The van der Waals surface area contributed by atoms with Crippen LogP contribution in [0.3, 0.4) is 0 Å². The quantitative estimate of drug-likeness (QED) is 0.785. The van der Waals surface area contributed by atoms with Gasteiger partial charge < -0.3 is 4.74 Å². The van der Waals surface area contributed by atoms with Crippen molar-refractivity contribution in [1.29, 1.82) is 0 Å². The minimum absolute atomic E-state index is 0.303. The van der Waals surface area contributed by atoms with Crippen molar-refractivity contribution in [3.8, 4) is 17.4 Å². The molecule has 2 rings (SSSR count). The van der Waals surface area contributed by atoms with Crippen molar-refractivity contribution < 1.29 is 4.74 Å². The van der Waals surface area contributed by atoms with Gasteiger partial charge in [-0.25, -0.2) is 9.97 Å². The molecule has 17 heavy (non-hydrogen) atoms. The second kappa shape index (κ2) is 4.81. The van der Waals surface area contributed by atoms with Gasteiger partial charge in [0.1, 0.15) is 16.0 Å². The van der Waals surface area contributed by atoms with Crippen molar-refractivity contribution in [2.75, 3.05) is 7.11 Å². The van der Waals surface area contributed by atoms with E-state index >= 15 is 0 Å². The van der Waals surface area contributed by atoms with E-state index in [2.05, 4.69) is 20.2 Å². The molecule has 0 aliphatic carbocycles. The molecule has 2 heterocycles. The molecule has 0 spiro atoms. The Morgan fingerprint density at radius 3 is 2.18 bits per heavy atom. The minimum atomic E-state index is 0.303. The number of aromatic nitrogens is 4. The number of halogens is 2. The molecule has 0 unspecified atom stereocenters. The van der Waals surface area contributed by atoms with Crippen LogP contribution in [-0.4, -0.2) is 27.3 Å². The molecule has 0 saturated carbocycles. The summed E-state index contributed by atoms with van der Waals surface area (Å²) in [5, 5.41) is 8.34. The average Bonchev–Trinajstić information content (AvgIpc) is 2.35. The molecule has 0 aliphatic heterocycles. The summed E-state index contributed by atoms with van der Waals surface area (Å²) in [6.45, 7) is 1.74. The van der Waals surface area contributed by atoms with E-state index in [1.165, 1.54) is 7.11 Å². The van der Waals surface area contributed by atoms with Gasteiger partial charge in [-0.1, -0.05) is 23.2 Å². The predicted molar refractivity (Wildman–Crippen MR) is 64.4 cm³/mol. The third-order valence-electron chi connectivity index (χ3n) is 2.11. The molecule has 7 heteroatoms. The zero-order chi connectivity index (χ0) is 12.4. The van der Waals surface area contributed by atoms with E-state index in [0.29, 0.717) is 33.3 Å². The first-order valence-corrected chi connectivity index (χ1v) is 5.45. The fourth-order valence-electron chi connectivity index (χ4n) is 1.13. The van der Waals surface area contributed by atoms with Crippen LogP contribution in [-0.2, 0) is 0 Å². The third kappa shape index (κ3) is 2.45. The second-order valence-electron chi connectivity index (χ2n) is 3.21. The normalized spacial score (nSPS) is 10.4. The molecule has 0 aromatic carbocycles. The molecule has 88 valence electrons. The maximum atomic E-state index is 5.92. The highest BCUT2D eigenvalue weighted by Crippen LogP contribution is 2.23. The number of ether oxygens (including phenoxy) is 1. The smallest absolute Gasteiger partial charge is 0.233 e. The van der Waals surface area contributed by atoms with Crippen LogP contribution in [0.4, 0.5) is 0 Å². The van der Waals surface area contributed by atoms with Gasteiger partial charge in [0, 0.05) is 11.6 Å². The van der Waals surface area contributed by atoms with Crippen LogP contribution in [0, 0.1) is 6.92 Å². The van der Waals surface area contributed by atoms with Crippen molar-refractivity contribution in [3.05, 3.63) is 28.0 Å². The third-order valence-corrected chi connectivity index (χ3v) is 2.84. The zero-order valence-electron chi connectivity index (χ0n) is 9.11. The Kier molecular flexibility index (Phi) is 3.40. The topological polar surface area (TPSA) is 60.8 Å². The van der Waals surface area contributed by atoms with Gasteiger partial charge in [0.2, 0.25) is 5.88 Å². The molecule has 0 fully saturated rings. The number of hydrogen-bond acceptors (Lipinski definition) is 5. The zero-order valence-corrected chi connectivity index (χ0v) is 10.6. The van der Waals surface area contributed by atoms with Crippen LogP contribution in [0.2, 0.25) is 10.3 Å². The highest BCUT2D eigenvalue weighted by molar-refractivity contribution is 6.34. The standard InChI is InChI=1S/C10H8Cl2N4O/c1-5-8(11)13-10(14-9(5)12)6-3-4-7(17-2)16-15-6/h3-4H,1-2H3. The number of rotatable bonds is 2. The lowest BCUT2D eigenvalue weighted by Gasteiger charge is -2.04. The Morgan fingerprint density at radius 2 is 1.71 bits per heavy atom. The van der Waals surface area contributed by atoms with Gasteiger partial charge >= 0.3 is 0 Å². The lowest BCUT2D eigenvalue weighted by molar-refractivity contribution is 0.392. The average molecular weight is 271 g/mol. The summed E-state index contributed by atoms with van der Waals surface area (Å²) < 4.78 is 4.91. The summed E-state index contributed by atoms with van der Waals surface area (Å²) in [5.74, 6) is 0.749. The predicted octanol–water partition coefficient (Wildman–Crippen LogP) is 2.56. The molecule has 2 aromatic heterocycles. The monoisotopic (exact) mass is 270 g/mol. The van der Waals surface area contributed by atoms with Crippen molar-refractivity contribution >= 4 is 23.2 Å². The van der Waals surface area contributed by atoms with Crippen molar-refractivity contribution in [2.45, 2.75) is 6.92 Å². The fourth-order valence-corrected chi connectivity index (χ4v) is 1.51. The van der Waals surface area contributed by atoms with Crippen LogP contribution < -0.4 is 4.74 Å². The van der Waals surface area contributed by atoms with E-state index in [1.807, 2.05) is 0 Å². The van der Waals surface area contributed by atoms with Crippen LogP contribution in [0.5, 0.6) is 5.88 Å². The van der Waals surface area contributed by atoms with Gasteiger partial charge in [-0.2, -0.15) is 0 Å². The Morgan fingerprint density at radius 1 is 1.06 bits per heavy atom. The van der Waals surface area contributed by atoms with Crippen LogP contribution in [0.15, 0.2) is 12.1 Å². The highest BCUT2D eigenvalue weighted by Gasteiger charge is 2.10. The molecule has 0 atom stereocenters. The lowest BCUT2D eigenvalue weighted by Crippen LogP contribution is -1.98. The van der Waals surface area contributed by atoms with E-state index in [4.69, 9.17) is 27.9 Å². The molecule has 0 radical (unpaired) electrons.